The van der Waals surface area contributed by atoms with Crippen molar-refractivity contribution in [3.8, 4) is 0 Å². The van der Waals surface area contributed by atoms with Crippen LogP contribution in [0.1, 0.15) is 37.7 Å². The normalized spacial score (nSPS) is 47.4. The second-order valence-electron chi connectivity index (χ2n) is 6.26. The third kappa shape index (κ3) is 1.26. The van der Waals surface area contributed by atoms with Gasteiger partial charge in [-0.15, -0.1) is 0 Å². The topological polar surface area (TPSA) is 46.0 Å². The highest BCUT2D eigenvalue weighted by Gasteiger charge is 2.57. The zero-order valence-electron chi connectivity index (χ0n) is 9.92. The molecule has 0 atom stereocenters. The van der Waals surface area contributed by atoms with Crippen LogP contribution in [0.5, 0.6) is 0 Å². The number of rotatable bonds is 1. The molecule has 4 aliphatic rings. The van der Waals surface area contributed by atoms with E-state index in [1.165, 1.54) is 32.1 Å². The minimum atomic E-state index is -0.630. The first kappa shape index (κ1) is 10.0. The molecule has 1 heterocycles. The first-order chi connectivity index (χ1) is 8.27. The molecule has 1 aromatic rings. The van der Waals surface area contributed by atoms with E-state index in [1.807, 2.05) is 12.4 Å². The van der Waals surface area contributed by atoms with E-state index in [4.69, 9.17) is 0 Å². The lowest BCUT2D eigenvalue weighted by Crippen LogP contribution is -2.55. The molecule has 3 heteroatoms. The molecule has 1 N–H and O–H groups in total. The van der Waals surface area contributed by atoms with Crippen LogP contribution in [0.15, 0.2) is 18.7 Å². The number of hydrogen-bond donors (Lipinski definition) is 1. The lowest BCUT2D eigenvalue weighted by Gasteiger charge is -2.58. The summed E-state index contributed by atoms with van der Waals surface area (Å²) in [6.07, 6.45) is 11.4. The maximum atomic E-state index is 11.2. The van der Waals surface area contributed by atoms with Crippen LogP contribution < -0.4 is 0 Å². The van der Waals surface area contributed by atoms with Crippen molar-refractivity contribution in [3.63, 3.8) is 0 Å². The number of hydrogen-bond acceptors (Lipinski definition) is 3. The van der Waals surface area contributed by atoms with Crippen molar-refractivity contribution in [3.05, 3.63) is 24.3 Å². The van der Waals surface area contributed by atoms with Crippen LogP contribution in [0.2, 0.25) is 0 Å². The Kier molecular flexibility index (Phi) is 1.93. The molecule has 4 bridgehead atoms. The first-order valence-electron chi connectivity index (χ1n) is 6.74. The van der Waals surface area contributed by atoms with E-state index in [1.54, 1.807) is 6.33 Å². The third-order valence-electron chi connectivity index (χ3n) is 5.41. The molecule has 4 saturated carbocycles. The molecule has 3 nitrogen and oxygen atoms in total. The average Bonchev–Trinajstić information content (AvgIpc) is 2.36. The summed E-state index contributed by atoms with van der Waals surface area (Å²) in [7, 11) is 0. The van der Waals surface area contributed by atoms with Gasteiger partial charge < -0.3 is 5.11 Å². The summed E-state index contributed by atoms with van der Waals surface area (Å²) in [4.78, 5) is 8.18. The van der Waals surface area contributed by atoms with Gasteiger partial charge >= 0.3 is 0 Å². The molecule has 4 aliphatic carbocycles. The highest BCUT2D eigenvalue weighted by atomic mass is 16.3. The predicted molar refractivity (Wildman–Crippen MR) is 63.0 cm³/mol. The van der Waals surface area contributed by atoms with Gasteiger partial charge in [0.05, 0.1) is 5.60 Å². The minimum absolute atomic E-state index is 0.449. The molecule has 0 amide bonds. The fourth-order valence-electron chi connectivity index (χ4n) is 4.88. The van der Waals surface area contributed by atoms with Gasteiger partial charge in [-0.1, -0.05) is 0 Å². The summed E-state index contributed by atoms with van der Waals surface area (Å²) in [6.45, 7) is 0. The molecule has 0 spiro atoms. The largest absolute Gasteiger partial charge is 0.384 e. The zero-order valence-corrected chi connectivity index (χ0v) is 9.92. The quantitative estimate of drug-likeness (QED) is 0.803. The fourth-order valence-corrected chi connectivity index (χ4v) is 4.88. The van der Waals surface area contributed by atoms with Gasteiger partial charge in [0.2, 0.25) is 0 Å². The van der Waals surface area contributed by atoms with Crippen molar-refractivity contribution in [1.29, 1.82) is 0 Å². The average molecular weight is 230 g/mol. The predicted octanol–water partition coefficient (Wildman–Crippen LogP) is 2.12. The van der Waals surface area contributed by atoms with Gasteiger partial charge in [-0.3, -0.25) is 0 Å². The van der Waals surface area contributed by atoms with Gasteiger partial charge in [0.15, 0.2) is 0 Å². The summed E-state index contributed by atoms with van der Waals surface area (Å²) in [5.74, 6) is 2.65. The van der Waals surface area contributed by atoms with E-state index >= 15 is 0 Å². The van der Waals surface area contributed by atoms with Crippen molar-refractivity contribution in [2.75, 3.05) is 0 Å². The van der Waals surface area contributed by atoms with Gasteiger partial charge in [0.25, 0.3) is 0 Å². The van der Waals surface area contributed by atoms with E-state index in [9.17, 15) is 5.11 Å². The van der Waals surface area contributed by atoms with E-state index in [2.05, 4.69) is 9.97 Å². The van der Waals surface area contributed by atoms with E-state index in [-0.39, 0.29) is 0 Å². The molecule has 0 saturated heterocycles. The maximum Gasteiger partial charge on any atom is 0.115 e. The van der Waals surface area contributed by atoms with Crippen LogP contribution in [0.3, 0.4) is 0 Å². The lowest BCUT2D eigenvalue weighted by atomic mass is 9.49. The standard InChI is InChI=1S/C14H18N2O/c17-14(13-6-15-8-16-7-13)11-2-9-1-10(4-11)5-12(14)3-9/h6-12,17H,1-5H2. The number of aromatic nitrogens is 2. The van der Waals surface area contributed by atoms with Crippen molar-refractivity contribution in [2.45, 2.75) is 37.7 Å². The Hall–Kier alpha value is -0.960. The first-order valence-corrected chi connectivity index (χ1v) is 6.74. The monoisotopic (exact) mass is 230 g/mol. The Bertz CT molecular complexity index is 403. The summed E-state index contributed by atoms with van der Waals surface area (Å²) in [6, 6.07) is 0. The maximum absolute atomic E-state index is 11.2. The molecule has 0 radical (unpaired) electrons. The molecular weight excluding hydrogens is 212 g/mol. The van der Waals surface area contributed by atoms with Gasteiger partial charge in [-0.25, -0.2) is 9.97 Å². The summed E-state index contributed by atoms with van der Waals surface area (Å²) in [5.41, 5.74) is 0.322. The van der Waals surface area contributed by atoms with Crippen molar-refractivity contribution in [2.24, 2.45) is 23.7 Å². The highest BCUT2D eigenvalue weighted by Crippen LogP contribution is 2.61. The minimum Gasteiger partial charge on any atom is -0.384 e. The zero-order chi connectivity index (χ0) is 11.5. The van der Waals surface area contributed by atoms with E-state index in [0.29, 0.717) is 11.8 Å². The van der Waals surface area contributed by atoms with Crippen LogP contribution in [0.25, 0.3) is 0 Å². The van der Waals surface area contributed by atoms with Crippen LogP contribution in [-0.2, 0) is 5.60 Å². The smallest absolute Gasteiger partial charge is 0.115 e. The molecule has 0 aromatic carbocycles. The molecule has 0 aliphatic heterocycles. The Labute approximate surface area is 101 Å². The Morgan fingerprint density at radius 2 is 1.47 bits per heavy atom. The van der Waals surface area contributed by atoms with Gasteiger partial charge in [-0.2, -0.15) is 0 Å². The summed E-state index contributed by atoms with van der Waals surface area (Å²) >= 11 is 0. The Morgan fingerprint density at radius 3 is 2.00 bits per heavy atom. The van der Waals surface area contributed by atoms with Gasteiger partial charge in [0.1, 0.15) is 6.33 Å². The summed E-state index contributed by atoms with van der Waals surface area (Å²) in [5, 5.41) is 11.2. The fraction of sp³-hybridized carbons (Fsp3) is 0.714. The number of aliphatic hydroxyl groups is 1. The molecule has 0 unspecified atom stereocenters. The third-order valence-corrected chi connectivity index (χ3v) is 5.41. The Balaban J connectivity index is 1.78. The van der Waals surface area contributed by atoms with Gasteiger partial charge in [0, 0.05) is 18.0 Å². The summed E-state index contributed by atoms with van der Waals surface area (Å²) < 4.78 is 0. The van der Waals surface area contributed by atoms with Crippen LogP contribution in [-0.4, -0.2) is 15.1 Å². The van der Waals surface area contributed by atoms with Crippen molar-refractivity contribution in [1.82, 2.24) is 9.97 Å². The SMILES string of the molecule is OC1(c2cncnc2)C2CC3CC(C2)CC1C3. The van der Waals surface area contributed by atoms with E-state index < -0.39 is 5.60 Å². The van der Waals surface area contributed by atoms with Crippen LogP contribution in [0.4, 0.5) is 0 Å². The molecule has 1 aromatic heterocycles. The lowest BCUT2D eigenvalue weighted by molar-refractivity contribution is -0.179. The van der Waals surface area contributed by atoms with Crippen LogP contribution >= 0.6 is 0 Å². The van der Waals surface area contributed by atoms with Crippen molar-refractivity contribution >= 4 is 0 Å². The molecule has 17 heavy (non-hydrogen) atoms. The van der Waals surface area contributed by atoms with Crippen LogP contribution in [0, 0.1) is 23.7 Å². The Morgan fingerprint density at radius 1 is 0.941 bits per heavy atom. The molecular formula is C14H18N2O. The second kappa shape index (κ2) is 3.29. The second-order valence-corrected chi connectivity index (χ2v) is 6.26. The number of nitrogens with zero attached hydrogens (tertiary/aromatic N) is 2. The molecule has 90 valence electrons. The molecule has 5 rings (SSSR count). The molecule has 4 fully saturated rings. The highest BCUT2D eigenvalue weighted by molar-refractivity contribution is 5.22. The van der Waals surface area contributed by atoms with Gasteiger partial charge in [-0.05, 0) is 55.8 Å². The van der Waals surface area contributed by atoms with E-state index in [0.717, 1.165) is 17.4 Å². The van der Waals surface area contributed by atoms with Crippen molar-refractivity contribution < 1.29 is 5.11 Å².